The fourth-order valence-corrected chi connectivity index (χ4v) is 4.99. The fourth-order valence-electron chi connectivity index (χ4n) is 4.99. The van der Waals surface area contributed by atoms with Crippen LogP contribution in [0, 0.1) is 6.92 Å². The Hall–Kier alpha value is -3.70. The van der Waals surface area contributed by atoms with Crippen LogP contribution in [0.4, 0.5) is 5.69 Å². The molecule has 180 valence electrons. The van der Waals surface area contributed by atoms with E-state index in [1.807, 2.05) is 19.1 Å². The summed E-state index contributed by atoms with van der Waals surface area (Å²) in [5, 5.41) is 15.8. The van der Waals surface area contributed by atoms with Crippen molar-refractivity contribution in [1.82, 2.24) is 5.43 Å². The predicted octanol–water partition coefficient (Wildman–Crippen LogP) is 5.40. The number of rotatable bonds is 6. The van der Waals surface area contributed by atoms with Crippen LogP contribution in [-0.4, -0.2) is 29.3 Å². The molecule has 1 amide bonds. The third-order valence-corrected chi connectivity index (χ3v) is 6.76. The lowest BCUT2D eigenvalue weighted by molar-refractivity contribution is -0.136. The number of nitrogens with zero attached hydrogens (tertiary/aromatic N) is 2. The van der Waals surface area contributed by atoms with E-state index in [9.17, 15) is 9.90 Å². The first-order valence-electron chi connectivity index (χ1n) is 12.0. The zero-order valence-electron chi connectivity index (χ0n) is 21.0. The minimum Gasteiger partial charge on any atom is -0.372 e. The van der Waals surface area contributed by atoms with Crippen molar-refractivity contribution in [2.24, 2.45) is 5.10 Å². The van der Waals surface area contributed by atoms with Gasteiger partial charge in [0.25, 0.3) is 5.91 Å². The van der Waals surface area contributed by atoms with Crippen molar-refractivity contribution >= 4 is 23.4 Å². The van der Waals surface area contributed by atoms with Crippen LogP contribution in [0.5, 0.6) is 0 Å². The lowest BCUT2D eigenvalue weighted by Gasteiger charge is -2.43. The molecule has 0 spiro atoms. The number of carbonyl (C=O) groups excluding carboxylic acids is 1. The third-order valence-electron chi connectivity index (χ3n) is 6.76. The summed E-state index contributed by atoms with van der Waals surface area (Å²) in [5.41, 5.74) is 7.18. The fraction of sp³-hybridized carbons (Fsp3) is 0.267. The zero-order chi connectivity index (χ0) is 25.2. The molecular weight excluding hydrogens is 434 g/mol. The summed E-state index contributed by atoms with van der Waals surface area (Å²) in [6, 6.07) is 22.1. The van der Waals surface area contributed by atoms with Gasteiger partial charge in [-0.2, -0.15) is 5.10 Å². The second kappa shape index (κ2) is 9.51. The van der Waals surface area contributed by atoms with Crippen LogP contribution in [0.3, 0.4) is 0 Å². The lowest BCUT2D eigenvalue weighted by atomic mass is 9.85. The highest BCUT2D eigenvalue weighted by Crippen LogP contribution is 2.40. The largest absolute Gasteiger partial charge is 0.372 e. The van der Waals surface area contributed by atoms with Crippen LogP contribution in [0.15, 0.2) is 84.0 Å². The van der Waals surface area contributed by atoms with Crippen LogP contribution in [0.25, 0.3) is 5.57 Å². The Morgan fingerprint density at radius 2 is 1.60 bits per heavy atom. The van der Waals surface area contributed by atoms with Crippen LogP contribution in [0.2, 0.25) is 0 Å². The molecule has 1 aliphatic rings. The number of allylic oxidation sites excluding steroid dienone is 1. The Morgan fingerprint density at radius 3 is 2.14 bits per heavy atom. The van der Waals surface area contributed by atoms with Crippen molar-refractivity contribution in [3.8, 4) is 0 Å². The first-order valence-corrected chi connectivity index (χ1v) is 12.0. The molecule has 35 heavy (non-hydrogen) atoms. The van der Waals surface area contributed by atoms with Crippen molar-refractivity contribution in [2.45, 2.75) is 45.8 Å². The molecule has 0 aliphatic carbocycles. The summed E-state index contributed by atoms with van der Waals surface area (Å²) < 4.78 is 0. The third kappa shape index (κ3) is 4.52. The monoisotopic (exact) mass is 467 g/mol. The first-order chi connectivity index (χ1) is 16.7. The molecular formula is C30H33N3O2. The maximum atomic E-state index is 13.3. The Morgan fingerprint density at radius 1 is 1.03 bits per heavy atom. The highest BCUT2D eigenvalue weighted by Gasteiger charge is 2.40. The van der Waals surface area contributed by atoms with Crippen LogP contribution in [-0.2, 0) is 10.4 Å². The van der Waals surface area contributed by atoms with Crippen LogP contribution < -0.4 is 10.3 Å². The van der Waals surface area contributed by atoms with Crippen molar-refractivity contribution in [1.29, 1.82) is 0 Å². The molecule has 0 bridgehead atoms. The van der Waals surface area contributed by atoms with E-state index in [0.29, 0.717) is 11.1 Å². The molecule has 5 heteroatoms. The van der Waals surface area contributed by atoms with E-state index in [2.05, 4.69) is 61.3 Å². The molecule has 0 atom stereocenters. The van der Waals surface area contributed by atoms with Gasteiger partial charge in [0.15, 0.2) is 5.60 Å². The highest BCUT2D eigenvalue weighted by molar-refractivity contribution is 5.93. The summed E-state index contributed by atoms with van der Waals surface area (Å²) in [6.07, 6.45) is 3.93. The molecule has 0 aromatic heterocycles. The maximum Gasteiger partial charge on any atom is 0.281 e. The Labute approximate surface area is 207 Å². The van der Waals surface area contributed by atoms with Crippen LogP contribution in [0.1, 0.15) is 55.5 Å². The Bertz CT molecular complexity index is 1240. The number of fused-ring (bicyclic) bond motifs is 1. The van der Waals surface area contributed by atoms with Gasteiger partial charge in [-0.05, 0) is 74.6 Å². The second-order valence-corrected chi connectivity index (χ2v) is 9.59. The normalized spacial score (nSPS) is 15.0. The summed E-state index contributed by atoms with van der Waals surface area (Å²) in [7, 11) is 0. The minimum absolute atomic E-state index is 0.0544. The summed E-state index contributed by atoms with van der Waals surface area (Å²) in [6.45, 7) is 11.7. The van der Waals surface area contributed by atoms with Gasteiger partial charge in [0, 0.05) is 17.8 Å². The smallest absolute Gasteiger partial charge is 0.281 e. The molecule has 3 aromatic carbocycles. The molecule has 0 fully saturated rings. The zero-order valence-corrected chi connectivity index (χ0v) is 21.0. The molecule has 1 aliphatic heterocycles. The van der Waals surface area contributed by atoms with E-state index in [1.165, 1.54) is 11.3 Å². The summed E-state index contributed by atoms with van der Waals surface area (Å²) in [4.78, 5) is 15.7. The number of aliphatic hydroxyl groups is 1. The number of hydrogen-bond acceptors (Lipinski definition) is 4. The standard InChI is InChI=1S/C30H33N3O2/c1-6-33-27-17-21(2)23(18-26(27)22(3)19-29(33,4)5)20-31-32-28(34)30(35,24-13-9-7-10-14-24)25-15-11-8-12-16-25/h7-20,35H,6H2,1-5H3,(H,32,34)/b31-20-. The van der Waals surface area contributed by atoms with E-state index >= 15 is 0 Å². The number of nitrogens with one attached hydrogen (secondary N) is 1. The first kappa shape index (κ1) is 24.4. The van der Waals surface area contributed by atoms with E-state index in [0.717, 1.165) is 23.2 Å². The topological polar surface area (TPSA) is 64.9 Å². The van der Waals surface area contributed by atoms with Gasteiger partial charge >= 0.3 is 0 Å². The predicted molar refractivity (Wildman–Crippen MR) is 144 cm³/mol. The average molecular weight is 468 g/mol. The molecule has 0 radical (unpaired) electrons. The Balaban J connectivity index is 1.64. The van der Waals surface area contributed by atoms with Gasteiger partial charge in [-0.15, -0.1) is 0 Å². The number of hydrazone groups is 1. The van der Waals surface area contributed by atoms with Crippen molar-refractivity contribution < 1.29 is 9.90 Å². The highest BCUT2D eigenvalue weighted by atomic mass is 16.3. The molecule has 0 saturated heterocycles. The number of aryl methyl sites for hydroxylation is 1. The molecule has 5 nitrogen and oxygen atoms in total. The second-order valence-electron chi connectivity index (χ2n) is 9.59. The number of amides is 1. The van der Waals surface area contributed by atoms with Crippen molar-refractivity contribution in [3.63, 3.8) is 0 Å². The number of benzene rings is 3. The van der Waals surface area contributed by atoms with Crippen molar-refractivity contribution in [3.05, 3.63) is 107 Å². The average Bonchev–Trinajstić information content (AvgIpc) is 2.85. The van der Waals surface area contributed by atoms with E-state index in [4.69, 9.17) is 0 Å². The summed E-state index contributed by atoms with van der Waals surface area (Å²) >= 11 is 0. The minimum atomic E-state index is -1.86. The van der Waals surface area contributed by atoms with Gasteiger partial charge < -0.3 is 10.0 Å². The van der Waals surface area contributed by atoms with E-state index in [-0.39, 0.29) is 5.54 Å². The summed E-state index contributed by atoms with van der Waals surface area (Å²) in [5.74, 6) is -0.614. The van der Waals surface area contributed by atoms with Gasteiger partial charge in [0.05, 0.1) is 11.8 Å². The number of anilines is 1. The number of hydrogen-bond donors (Lipinski definition) is 2. The van der Waals surface area contributed by atoms with Gasteiger partial charge in [0.2, 0.25) is 0 Å². The van der Waals surface area contributed by atoms with Crippen LogP contribution >= 0.6 is 0 Å². The van der Waals surface area contributed by atoms with E-state index < -0.39 is 11.5 Å². The molecule has 0 unspecified atom stereocenters. The molecule has 0 saturated carbocycles. The van der Waals surface area contributed by atoms with Gasteiger partial charge in [0.1, 0.15) is 0 Å². The van der Waals surface area contributed by atoms with Gasteiger partial charge in [-0.1, -0.05) is 66.7 Å². The maximum absolute atomic E-state index is 13.3. The van der Waals surface area contributed by atoms with Gasteiger partial charge in [-0.3, -0.25) is 4.79 Å². The van der Waals surface area contributed by atoms with Gasteiger partial charge in [-0.25, -0.2) is 5.43 Å². The molecule has 2 N–H and O–H groups in total. The molecule has 1 heterocycles. The van der Waals surface area contributed by atoms with E-state index in [1.54, 1.807) is 54.7 Å². The SMILES string of the molecule is CCN1c2cc(C)c(/C=N\NC(=O)C(O)(c3ccccc3)c3ccccc3)cc2C(C)=CC1(C)C. The molecule has 4 rings (SSSR count). The molecule has 3 aromatic rings. The lowest BCUT2D eigenvalue weighted by Crippen LogP contribution is -2.45. The Kier molecular flexibility index (Phi) is 6.64. The number of likely N-dealkylation sites (N-methyl/N-ethyl adjacent to an activating group) is 1. The quantitative estimate of drug-likeness (QED) is 0.377. The number of carbonyl (C=O) groups is 1. The van der Waals surface area contributed by atoms with Crippen molar-refractivity contribution in [2.75, 3.05) is 11.4 Å².